The molecule has 0 heterocycles. The third kappa shape index (κ3) is 5.59. The highest BCUT2D eigenvalue weighted by Gasteiger charge is 2.57. The number of hydrogen-bond donors (Lipinski definition) is 1. The normalized spacial score (nSPS) is 36.3. The van der Waals surface area contributed by atoms with Gasteiger partial charge >= 0.3 is 0 Å². The van der Waals surface area contributed by atoms with Crippen molar-refractivity contribution in [2.75, 3.05) is 0 Å². The SMILES string of the molecule is [2H]C([2H])([2H])C(O)(CCC[C@](C)(CC=O)[C@H]1CCC2[C@@H](O[Si](C)(C)C(C)(C)C)CCC[C@@]21C)C([2H])([2H])[2H]. The molecule has 176 valence electrons. The van der Waals surface area contributed by atoms with Gasteiger partial charge in [-0.1, -0.05) is 47.5 Å². The molecular weight excluding hydrogens is 388 g/mol. The van der Waals surface area contributed by atoms with Crippen molar-refractivity contribution >= 4 is 14.6 Å². The van der Waals surface area contributed by atoms with E-state index in [1.165, 1.54) is 0 Å². The summed E-state index contributed by atoms with van der Waals surface area (Å²) in [5.41, 5.74) is -3.14. The van der Waals surface area contributed by atoms with Gasteiger partial charge in [-0.05, 0) is 93.0 Å². The standard InChI is InChI=1S/C26H50O3Si/c1-23(2,3)30(8,9)29-21-12-10-17-26(7)20(21)13-14-22(26)25(6,18-19-27)16-11-15-24(4,5)28/h19-22,28H,10-18H2,1-9H3/t20?,21-,22+,25+,26-/m0/s1/i4D3,5D3. The Labute approximate surface area is 196 Å². The van der Waals surface area contributed by atoms with Gasteiger partial charge in [0.2, 0.25) is 0 Å². The third-order valence-corrected chi connectivity index (χ3v) is 13.5. The molecule has 0 radical (unpaired) electrons. The first kappa shape index (κ1) is 18.3. The average Bonchev–Trinajstić information content (AvgIpc) is 3.04. The number of carbonyl (C=O) groups excluding carboxylic acids is 1. The van der Waals surface area contributed by atoms with Crippen LogP contribution in [0.2, 0.25) is 18.1 Å². The largest absolute Gasteiger partial charge is 0.414 e. The van der Waals surface area contributed by atoms with E-state index in [2.05, 4.69) is 47.7 Å². The van der Waals surface area contributed by atoms with Gasteiger partial charge in [-0.2, -0.15) is 0 Å². The summed E-state index contributed by atoms with van der Waals surface area (Å²) in [6.45, 7) is 9.82. The molecule has 0 aliphatic heterocycles. The Balaban J connectivity index is 2.27. The minimum atomic E-state index is -3.01. The summed E-state index contributed by atoms with van der Waals surface area (Å²) >= 11 is 0. The van der Waals surface area contributed by atoms with Crippen LogP contribution in [0.1, 0.15) is 114 Å². The molecule has 0 bridgehead atoms. The van der Waals surface area contributed by atoms with Crippen LogP contribution in [-0.2, 0) is 9.22 Å². The van der Waals surface area contributed by atoms with Crippen LogP contribution in [0.25, 0.3) is 0 Å². The summed E-state index contributed by atoms with van der Waals surface area (Å²) < 4.78 is 53.0. The Morgan fingerprint density at radius 3 is 2.40 bits per heavy atom. The van der Waals surface area contributed by atoms with Crippen molar-refractivity contribution in [3.8, 4) is 0 Å². The van der Waals surface area contributed by atoms with Crippen molar-refractivity contribution in [3.05, 3.63) is 0 Å². The van der Waals surface area contributed by atoms with Crippen LogP contribution in [0.3, 0.4) is 0 Å². The molecule has 2 fully saturated rings. The highest BCUT2D eigenvalue weighted by atomic mass is 28.4. The summed E-state index contributed by atoms with van der Waals surface area (Å²) in [5.74, 6) is 0.665. The van der Waals surface area contributed by atoms with Crippen molar-refractivity contribution in [2.45, 2.75) is 136 Å². The molecule has 0 spiro atoms. The quantitative estimate of drug-likeness (QED) is 0.304. The zero-order chi connectivity index (χ0) is 28.0. The smallest absolute Gasteiger partial charge is 0.192 e. The molecule has 2 rings (SSSR count). The Bertz CT molecular complexity index is 761. The lowest BCUT2D eigenvalue weighted by Crippen LogP contribution is -2.51. The first-order valence-corrected chi connectivity index (χ1v) is 14.8. The molecule has 4 heteroatoms. The lowest BCUT2D eigenvalue weighted by atomic mass is 9.56. The zero-order valence-corrected chi connectivity index (χ0v) is 21.4. The van der Waals surface area contributed by atoms with Crippen LogP contribution >= 0.6 is 0 Å². The van der Waals surface area contributed by atoms with Crippen molar-refractivity contribution < 1.29 is 22.6 Å². The van der Waals surface area contributed by atoms with Gasteiger partial charge in [-0.25, -0.2) is 0 Å². The van der Waals surface area contributed by atoms with Gasteiger partial charge in [-0.3, -0.25) is 0 Å². The van der Waals surface area contributed by atoms with Crippen molar-refractivity contribution in [1.29, 1.82) is 0 Å². The zero-order valence-electron chi connectivity index (χ0n) is 26.4. The molecule has 0 aromatic heterocycles. The lowest BCUT2D eigenvalue weighted by molar-refractivity contribution is -0.112. The Morgan fingerprint density at radius 1 is 1.17 bits per heavy atom. The van der Waals surface area contributed by atoms with Gasteiger partial charge in [0, 0.05) is 20.7 Å². The number of hydrogen-bond acceptors (Lipinski definition) is 3. The molecule has 0 saturated heterocycles. The second kappa shape index (κ2) is 8.98. The second-order valence-electron chi connectivity index (χ2n) is 12.3. The topological polar surface area (TPSA) is 46.5 Å². The number of aliphatic hydroxyl groups is 1. The fourth-order valence-corrected chi connectivity index (χ4v) is 7.71. The van der Waals surface area contributed by atoms with Crippen molar-refractivity contribution in [2.24, 2.45) is 22.7 Å². The Kier molecular flexibility index (Phi) is 5.46. The van der Waals surface area contributed by atoms with E-state index in [-0.39, 0.29) is 35.3 Å². The number of fused-ring (bicyclic) bond motifs is 1. The van der Waals surface area contributed by atoms with Gasteiger partial charge in [-0.15, -0.1) is 0 Å². The van der Waals surface area contributed by atoms with Crippen LogP contribution in [-0.4, -0.2) is 31.4 Å². The summed E-state index contributed by atoms with van der Waals surface area (Å²) in [5, 5.41) is 10.8. The van der Waals surface area contributed by atoms with Gasteiger partial charge in [0.05, 0.1) is 5.60 Å². The highest BCUT2D eigenvalue weighted by molar-refractivity contribution is 6.74. The first-order chi connectivity index (χ1) is 16.1. The first-order valence-electron chi connectivity index (χ1n) is 14.9. The Morgan fingerprint density at radius 2 is 1.83 bits per heavy atom. The van der Waals surface area contributed by atoms with E-state index in [9.17, 15) is 9.90 Å². The van der Waals surface area contributed by atoms with E-state index < -0.39 is 33.0 Å². The molecule has 3 nitrogen and oxygen atoms in total. The molecule has 0 aromatic rings. The Hall–Kier alpha value is -0.193. The summed E-state index contributed by atoms with van der Waals surface area (Å²) in [6.07, 6.45) is 7.13. The fourth-order valence-electron chi connectivity index (χ4n) is 6.32. The fraction of sp³-hybridized carbons (Fsp3) is 0.962. The molecule has 0 aromatic carbocycles. The molecule has 5 atom stereocenters. The van der Waals surface area contributed by atoms with Crippen LogP contribution in [0.5, 0.6) is 0 Å². The van der Waals surface area contributed by atoms with E-state index in [4.69, 9.17) is 12.7 Å². The number of carbonyl (C=O) groups is 1. The maximum Gasteiger partial charge on any atom is 0.192 e. The minimum Gasteiger partial charge on any atom is -0.414 e. The third-order valence-electron chi connectivity index (χ3n) is 8.99. The van der Waals surface area contributed by atoms with Crippen molar-refractivity contribution in [3.63, 3.8) is 0 Å². The van der Waals surface area contributed by atoms with E-state index in [1.54, 1.807) is 0 Å². The highest BCUT2D eigenvalue weighted by Crippen LogP contribution is 2.63. The molecule has 1 N–H and O–H groups in total. The van der Waals surface area contributed by atoms with Crippen LogP contribution in [0.4, 0.5) is 0 Å². The average molecular weight is 445 g/mol. The predicted octanol–water partition coefficient (Wildman–Crippen LogP) is 7.13. The van der Waals surface area contributed by atoms with E-state index >= 15 is 0 Å². The summed E-state index contributed by atoms with van der Waals surface area (Å²) in [6, 6.07) is 0. The minimum absolute atomic E-state index is 0.00734. The second-order valence-corrected chi connectivity index (χ2v) is 17.0. The maximum atomic E-state index is 11.8. The molecule has 2 saturated carbocycles. The number of aldehydes is 1. The van der Waals surface area contributed by atoms with Gasteiger partial charge in [0.15, 0.2) is 8.32 Å². The van der Waals surface area contributed by atoms with Gasteiger partial charge in [0.25, 0.3) is 0 Å². The molecular formula is C26H50O3Si. The van der Waals surface area contributed by atoms with Crippen LogP contribution in [0, 0.1) is 22.7 Å². The maximum absolute atomic E-state index is 11.8. The molecule has 1 unspecified atom stereocenters. The van der Waals surface area contributed by atoms with Crippen LogP contribution < -0.4 is 0 Å². The van der Waals surface area contributed by atoms with Gasteiger partial charge in [0.1, 0.15) is 6.29 Å². The summed E-state index contributed by atoms with van der Waals surface area (Å²) in [4.78, 5) is 11.8. The molecule has 30 heavy (non-hydrogen) atoms. The van der Waals surface area contributed by atoms with E-state index in [0.717, 1.165) is 38.4 Å². The molecule has 2 aliphatic carbocycles. The number of rotatable bonds is 9. The monoisotopic (exact) mass is 444 g/mol. The predicted molar refractivity (Wildman–Crippen MR) is 129 cm³/mol. The van der Waals surface area contributed by atoms with Crippen LogP contribution in [0.15, 0.2) is 0 Å². The van der Waals surface area contributed by atoms with E-state index in [0.29, 0.717) is 18.8 Å². The van der Waals surface area contributed by atoms with Gasteiger partial charge < -0.3 is 14.3 Å². The van der Waals surface area contributed by atoms with Crippen molar-refractivity contribution in [1.82, 2.24) is 0 Å². The lowest BCUT2D eigenvalue weighted by Gasteiger charge is -2.52. The summed E-state index contributed by atoms with van der Waals surface area (Å²) in [7, 11) is -1.94. The molecule has 0 amide bonds. The van der Waals surface area contributed by atoms with E-state index in [1.807, 2.05) is 0 Å². The molecule has 2 aliphatic rings.